The highest BCUT2D eigenvalue weighted by atomic mass is 32.1. The normalized spacial score (nSPS) is 18.2. The first-order valence-electron chi connectivity index (χ1n) is 8.45. The molecular formula is C17H25N5S. The second kappa shape index (κ2) is 7.25. The van der Waals surface area contributed by atoms with Crippen molar-refractivity contribution in [3.8, 4) is 0 Å². The van der Waals surface area contributed by atoms with Crippen molar-refractivity contribution in [2.45, 2.75) is 59.0 Å². The topological polar surface area (TPSA) is 53.9 Å². The van der Waals surface area contributed by atoms with Crippen LogP contribution in [0.15, 0.2) is 12.3 Å². The van der Waals surface area contributed by atoms with E-state index in [9.17, 15) is 0 Å². The first-order chi connectivity index (χ1) is 11.2. The van der Waals surface area contributed by atoms with Crippen LogP contribution in [0.2, 0.25) is 0 Å². The van der Waals surface area contributed by atoms with Gasteiger partial charge in [0.1, 0.15) is 15.8 Å². The lowest BCUT2D eigenvalue weighted by molar-refractivity contribution is 0.480. The van der Waals surface area contributed by atoms with Gasteiger partial charge in [-0.15, -0.1) is 10.2 Å². The zero-order valence-electron chi connectivity index (χ0n) is 14.2. The molecule has 2 aromatic rings. The Kier molecular flexibility index (Phi) is 5.10. The number of hydrogen-bond acceptors (Lipinski definition) is 6. The molecule has 5 nitrogen and oxygen atoms in total. The van der Waals surface area contributed by atoms with Crippen molar-refractivity contribution in [2.24, 2.45) is 0 Å². The summed E-state index contributed by atoms with van der Waals surface area (Å²) in [7, 11) is 0. The smallest absolute Gasteiger partial charge is 0.136 e. The fraction of sp³-hybridized carbons (Fsp3) is 0.588. The fourth-order valence-corrected chi connectivity index (χ4v) is 3.78. The molecule has 23 heavy (non-hydrogen) atoms. The highest BCUT2D eigenvalue weighted by molar-refractivity contribution is 7.11. The Hall–Kier alpha value is -1.69. The second-order valence-corrected chi connectivity index (χ2v) is 7.35. The molecule has 0 spiro atoms. The van der Waals surface area contributed by atoms with E-state index >= 15 is 0 Å². The maximum Gasteiger partial charge on any atom is 0.136 e. The van der Waals surface area contributed by atoms with Crippen LogP contribution in [0.25, 0.3) is 0 Å². The molecule has 0 aromatic carbocycles. The van der Waals surface area contributed by atoms with Gasteiger partial charge < -0.3 is 10.2 Å². The first-order valence-corrected chi connectivity index (χ1v) is 9.27. The highest BCUT2D eigenvalue weighted by Gasteiger charge is 2.21. The van der Waals surface area contributed by atoms with E-state index in [4.69, 9.17) is 4.98 Å². The van der Waals surface area contributed by atoms with Crippen molar-refractivity contribution >= 4 is 22.8 Å². The zero-order chi connectivity index (χ0) is 16.2. The van der Waals surface area contributed by atoms with Gasteiger partial charge in [-0.05, 0) is 51.2 Å². The Morgan fingerprint density at radius 2 is 2.13 bits per heavy atom. The van der Waals surface area contributed by atoms with Crippen LogP contribution in [0.1, 0.15) is 48.7 Å². The van der Waals surface area contributed by atoms with Gasteiger partial charge in [-0.2, -0.15) is 0 Å². The molecule has 1 fully saturated rings. The quantitative estimate of drug-likeness (QED) is 0.903. The average molecular weight is 331 g/mol. The largest absolute Gasteiger partial charge is 0.377 e. The van der Waals surface area contributed by atoms with Crippen molar-refractivity contribution in [1.82, 2.24) is 15.2 Å². The van der Waals surface area contributed by atoms with Gasteiger partial charge in [-0.1, -0.05) is 18.3 Å². The van der Waals surface area contributed by atoms with Crippen LogP contribution in [0.5, 0.6) is 0 Å². The number of aryl methyl sites for hydroxylation is 2. The molecule has 0 saturated carbocycles. The summed E-state index contributed by atoms with van der Waals surface area (Å²) >= 11 is 1.67. The third-order valence-corrected chi connectivity index (χ3v) is 5.45. The zero-order valence-corrected chi connectivity index (χ0v) is 15.0. The predicted octanol–water partition coefficient (Wildman–Crippen LogP) is 3.79. The molecule has 1 aliphatic rings. The second-order valence-electron chi connectivity index (χ2n) is 6.20. The standard InChI is InChI=1S/C17H25N5S/c1-4-15-20-21-16(23-15)11-18-14-9-12(2)17(19-10-14)22-8-6-5-7-13(22)3/h9-10,13,18H,4-8,11H2,1-3H3. The number of hydrogen-bond donors (Lipinski definition) is 1. The van der Waals surface area contributed by atoms with Gasteiger partial charge in [-0.3, -0.25) is 0 Å². The number of anilines is 2. The van der Waals surface area contributed by atoms with E-state index in [-0.39, 0.29) is 0 Å². The number of aromatic nitrogens is 3. The third-order valence-electron chi connectivity index (χ3n) is 4.38. The van der Waals surface area contributed by atoms with Crippen LogP contribution in [0, 0.1) is 6.92 Å². The molecule has 1 unspecified atom stereocenters. The van der Waals surface area contributed by atoms with Crippen molar-refractivity contribution < 1.29 is 0 Å². The molecule has 0 radical (unpaired) electrons. The number of rotatable bonds is 5. The van der Waals surface area contributed by atoms with E-state index in [2.05, 4.69) is 47.3 Å². The molecule has 1 atom stereocenters. The Morgan fingerprint density at radius 3 is 2.83 bits per heavy atom. The van der Waals surface area contributed by atoms with Crippen LogP contribution in [0.3, 0.4) is 0 Å². The summed E-state index contributed by atoms with van der Waals surface area (Å²) in [5, 5.41) is 13.9. The number of pyridine rings is 1. The minimum absolute atomic E-state index is 0.586. The molecule has 124 valence electrons. The molecule has 2 aromatic heterocycles. The number of piperidine rings is 1. The minimum Gasteiger partial charge on any atom is -0.377 e. The maximum absolute atomic E-state index is 4.72. The van der Waals surface area contributed by atoms with Gasteiger partial charge in [0.15, 0.2) is 0 Å². The van der Waals surface area contributed by atoms with Crippen LogP contribution >= 0.6 is 11.3 Å². The van der Waals surface area contributed by atoms with Crippen molar-refractivity contribution in [1.29, 1.82) is 0 Å². The average Bonchev–Trinajstić information content (AvgIpc) is 3.02. The summed E-state index contributed by atoms with van der Waals surface area (Å²) in [6, 6.07) is 2.77. The lowest BCUT2D eigenvalue weighted by atomic mass is 10.0. The lowest BCUT2D eigenvalue weighted by Gasteiger charge is -2.35. The van der Waals surface area contributed by atoms with Crippen LogP contribution in [-0.4, -0.2) is 27.8 Å². The minimum atomic E-state index is 0.586. The summed E-state index contributed by atoms with van der Waals surface area (Å²) in [5.41, 5.74) is 2.28. The Bertz CT molecular complexity index is 654. The Balaban J connectivity index is 1.66. The van der Waals surface area contributed by atoms with Crippen molar-refractivity contribution in [2.75, 3.05) is 16.8 Å². The summed E-state index contributed by atoms with van der Waals surface area (Å²) < 4.78 is 0. The van der Waals surface area contributed by atoms with E-state index in [1.165, 1.54) is 24.8 Å². The highest BCUT2D eigenvalue weighted by Crippen LogP contribution is 2.27. The Morgan fingerprint density at radius 1 is 1.30 bits per heavy atom. The van der Waals surface area contributed by atoms with Gasteiger partial charge in [0, 0.05) is 12.6 Å². The van der Waals surface area contributed by atoms with E-state index in [1.54, 1.807) is 11.3 Å². The molecule has 6 heteroatoms. The maximum atomic E-state index is 4.72. The number of nitrogens with one attached hydrogen (secondary N) is 1. The van der Waals surface area contributed by atoms with E-state index in [0.29, 0.717) is 12.6 Å². The van der Waals surface area contributed by atoms with Gasteiger partial charge in [0.2, 0.25) is 0 Å². The molecule has 1 saturated heterocycles. The van der Waals surface area contributed by atoms with E-state index in [1.807, 2.05) is 6.20 Å². The lowest BCUT2D eigenvalue weighted by Crippen LogP contribution is -2.38. The van der Waals surface area contributed by atoms with Gasteiger partial charge in [0.05, 0.1) is 18.4 Å². The van der Waals surface area contributed by atoms with Crippen LogP contribution in [0.4, 0.5) is 11.5 Å². The molecule has 0 bridgehead atoms. The monoisotopic (exact) mass is 331 g/mol. The molecule has 3 rings (SSSR count). The third kappa shape index (κ3) is 3.80. The van der Waals surface area contributed by atoms with Gasteiger partial charge >= 0.3 is 0 Å². The van der Waals surface area contributed by atoms with E-state index in [0.717, 1.165) is 34.5 Å². The molecule has 1 aliphatic heterocycles. The van der Waals surface area contributed by atoms with Gasteiger partial charge in [-0.25, -0.2) is 4.98 Å². The molecule has 1 N–H and O–H groups in total. The van der Waals surface area contributed by atoms with Crippen LogP contribution < -0.4 is 10.2 Å². The Labute approximate surface area is 142 Å². The van der Waals surface area contributed by atoms with Crippen molar-refractivity contribution in [3.05, 3.63) is 27.8 Å². The first kappa shape index (κ1) is 16.2. The summed E-state index contributed by atoms with van der Waals surface area (Å²) in [4.78, 5) is 7.16. The van der Waals surface area contributed by atoms with Crippen molar-refractivity contribution in [3.63, 3.8) is 0 Å². The summed E-state index contributed by atoms with van der Waals surface area (Å²) in [6.07, 6.45) is 6.74. The van der Waals surface area contributed by atoms with Crippen LogP contribution in [-0.2, 0) is 13.0 Å². The SMILES string of the molecule is CCc1nnc(CNc2cnc(N3CCCCC3C)c(C)c2)s1. The molecule has 0 amide bonds. The summed E-state index contributed by atoms with van der Waals surface area (Å²) in [6.45, 7) is 8.37. The predicted molar refractivity (Wildman–Crippen MR) is 96.2 cm³/mol. The van der Waals surface area contributed by atoms with E-state index < -0.39 is 0 Å². The molecular weight excluding hydrogens is 306 g/mol. The van der Waals surface area contributed by atoms with Gasteiger partial charge in [0.25, 0.3) is 0 Å². The number of nitrogens with zero attached hydrogens (tertiary/aromatic N) is 4. The molecule has 3 heterocycles. The molecule has 0 aliphatic carbocycles. The summed E-state index contributed by atoms with van der Waals surface area (Å²) in [5.74, 6) is 1.13. The fourth-order valence-electron chi connectivity index (χ4n) is 3.06.